The summed E-state index contributed by atoms with van der Waals surface area (Å²) in [5.41, 5.74) is 0.171. The maximum Gasteiger partial charge on any atom is 0.812 e. The van der Waals surface area contributed by atoms with Crippen molar-refractivity contribution >= 4 is 87.6 Å². The van der Waals surface area contributed by atoms with Gasteiger partial charge in [0.1, 0.15) is 22.8 Å². The van der Waals surface area contributed by atoms with Crippen molar-refractivity contribution in [2.45, 2.75) is 0 Å². The molecule has 304 valence electrons. The molecule has 0 spiro atoms. The quantitative estimate of drug-likeness (QED) is 0.116. The average molecular weight is 873 g/mol. The van der Waals surface area contributed by atoms with Gasteiger partial charge in [0.25, 0.3) is 0 Å². The highest BCUT2D eigenvalue weighted by molar-refractivity contribution is 8.31. The second-order valence-corrected chi connectivity index (χ2v) is 17.7. The molecule has 0 atom stereocenters. The number of rotatable bonds is 7. The van der Waals surface area contributed by atoms with Crippen molar-refractivity contribution in [2.75, 3.05) is 0 Å². The molecule has 0 saturated heterocycles. The first kappa shape index (κ1) is 40.8. The molecule has 0 amide bonds. The number of benzene rings is 6. The van der Waals surface area contributed by atoms with E-state index in [0.717, 1.165) is 0 Å². The smallest absolute Gasteiger partial charge is 0.509 e. The van der Waals surface area contributed by atoms with Crippen molar-refractivity contribution < 1.29 is 37.2 Å². The molecule has 0 saturated carbocycles. The van der Waals surface area contributed by atoms with Gasteiger partial charge in [0.15, 0.2) is 10.6 Å². The molecule has 0 N–H and O–H groups in total. The van der Waals surface area contributed by atoms with Gasteiger partial charge in [-0.1, -0.05) is 205 Å². The predicted octanol–water partition coefficient (Wildman–Crippen LogP) is 8.54. The number of hydrogen-bond acceptors (Lipinski definition) is 13. The Balaban J connectivity index is 1.42. The summed E-state index contributed by atoms with van der Waals surface area (Å²) < 4.78 is 69.0. The number of halogens is 3. The van der Waals surface area contributed by atoms with Gasteiger partial charge in [0, 0.05) is 22.3 Å². The summed E-state index contributed by atoms with van der Waals surface area (Å²) in [6.07, 6.45) is 0. The normalized spacial score (nSPS) is 23.9. The summed E-state index contributed by atoms with van der Waals surface area (Å²) in [6, 6.07) is 47.4. The molecule has 3 aliphatic rings. The van der Waals surface area contributed by atoms with Gasteiger partial charge in [-0.05, 0) is 10.6 Å². The Hall–Kier alpha value is -6.93. The Morgan fingerprint density at radius 2 is 0.623 bits per heavy atom. The van der Waals surface area contributed by atoms with Crippen LogP contribution in [0.2, 0.25) is 0 Å². The summed E-state index contributed by atoms with van der Waals surface area (Å²) in [4.78, 5) is 0. The molecule has 2 bridgehead atoms. The van der Waals surface area contributed by atoms with Crippen molar-refractivity contribution in [1.29, 1.82) is 0 Å². The first-order valence-corrected chi connectivity index (χ1v) is 21.7. The lowest BCUT2D eigenvalue weighted by molar-refractivity contribution is 0.0221. The van der Waals surface area contributed by atoms with E-state index in [2.05, 4.69) is 30.9 Å². The number of fused-ring (bicyclic) bond motifs is 9. The van der Waals surface area contributed by atoms with Crippen LogP contribution >= 0.6 is 17.6 Å². The highest BCUT2D eigenvalue weighted by Gasteiger charge is 2.45. The SMILES string of the molecule is F[B-]12ON=C(Cl)/C(P(=S)(c3ccccc3)c3ccccc3)=N/O[B-](F)(O/N=C(c3ccccc3)/C(c3ccccc3)=N/O1)O/N=C(c1ccccc1)/C(c1ccccc1)=N/O2. The summed E-state index contributed by atoms with van der Waals surface area (Å²) in [6.45, 7) is 0. The van der Waals surface area contributed by atoms with Crippen molar-refractivity contribution in [3.05, 3.63) is 204 Å². The van der Waals surface area contributed by atoms with Crippen molar-refractivity contribution in [1.82, 2.24) is 0 Å². The molecule has 6 aromatic carbocycles. The highest BCUT2D eigenvalue weighted by Crippen LogP contribution is 2.47. The molecule has 0 unspecified atom stereocenters. The van der Waals surface area contributed by atoms with Crippen LogP contribution in [0.3, 0.4) is 0 Å². The van der Waals surface area contributed by atoms with E-state index >= 15 is 8.63 Å². The third kappa shape index (κ3) is 9.14. The fraction of sp³-hybridized carbons (Fsp3) is 0. The summed E-state index contributed by atoms with van der Waals surface area (Å²) in [5.74, 6) is 0. The van der Waals surface area contributed by atoms with E-state index in [4.69, 9.17) is 51.9 Å². The Kier molecular flexibility index (Phi) is 12.1. The molecule has 6 aromatic rings. The monoisotopic (exact) mass is 872 g/mol. The summed E-state index contributed by atoms with van der Waals surface area (Å²) in [5, 5.41) is 25.1. The van der Waals surface area contributed by atoms with Gasteiger partial charge >= 0.3 is 14.1 Å². The predicted molar refractivity (Wildman–Crippen MR) is 239 cm³/mol. The molecule has 0 aromatic heterocycles. The zero-order valence-electron chi connectivity index (χ0n) is 31.6. The number of hydrogen-bond donors (Lipinski definition) is 0. The van der Waals surface area contributed by atoms with E-state index in [1.165, 1.54) is 0 Å². The van der Waals surface area contributed by atoms with Crippen LogP contribution in [0.15, 0.2) is 213 Å². The van der Waals surface area contributed by atoms with Crippen LogP contribution in [0.4, 0.5) is 8.63 Å². The zero-order chi connectivity index (χ0) is 42.1. The Morgan fingerprint density at radius 3 is 0.918 bits per heavy atom. The Morgan fingerprint density at radius 1 is 0.377 bits per heavy atom. The largest absolute Gasteiger partial charge is 0.812 e. The van der Waals surface area contributed by atoms with Gasteiger partial charge in [0.2, 0.25) is 0 Å². The molecule has 61 heavy (non-hydrogen) atoms. The maximum absolute atomic E-state index is 17.9. The Labute approximate surface area is 358 Å². The minimum Gasteiger partial charge on any atom is -0.509 e. The first-order chi connectivity index (χ1) is 29.7. The average Bonchev–Trinajstić information content (AvgIpc) is 3.31. The molecule has 0 aliphatic carbocycles. The summed E-state index contributed by atoms with van der Waals surface area (Å²) in [7, 11) is -9.46. The van der Waals surface area contributed by atoms with Gasteiger partial charge in [-0.3, -0.25) is 0 Å². The van der Waals surface area contributed by atoms with Crippen LogP contribution in [0.25, 0.3) is 0 Å². The lowest BCUT2D eigenvalue weighted by Gasteiger charge is -2.31. The third-order valence-corrected chi connectivity index (χ3v) is 14.1. The molecule has 3 aliphatic heterocycles. The van der Waals surface area contributed by atoms with Crippen LogP contribution < -0.4 is 10.6 Å². The van der Waals surface area contributed by atoms with Gasteiger partial charge in [-0.25, -0.2) is 0 Å². The Bertz CT molecular complexity index is 2570. The molecule has 12 nitrogen and oxygen atoms in total. The fourth-order valence-electron chi connectivity index (χ4n) is 6.05. The van der Waals surface area contributed by atoms with Crippen LogP contribution in [0.1, 0.15) is 22.3 Å². The fourth-order valence-corrected chi connectivity index (χ4v) is 10.2. The molecule has 9 rings (SSSR count). The van der Waals surface area contributed by atoms with Crippen LogP contribution in [-0.2, 0) is 40.3 Å². The van der Waals surface area contributed by atoms with Gasteiger partial charge in [-0.15, -0.1) is 30.9 Å². The topological polar surface area (TPSA) is 130 Å². The van der Waals surface area contributed by atoms with E-state index in [1.54, 1.807) is 182 Å². The summed E-state index contributed by atoms with van der Waals surface area (Å²) >= 11 is 13.3. The van der Waals surface area contributed by atoms with E-state index in [0.29, 0.717) is 32.9 Å². The molecular formula is C42H30B2ClF2N6O6PS-2. The van der Waals surface area contributed by atoms with Crippen LogP contribution in [-0.4, -0.2) is 47.5 Å². The molecular weight excluding hydrogens is 843 g/mol. The van der Waals surface area contributed by atoms with E-state index in [-0.39, 0.29) is 28.3 Å². The molecule has 0 fully saturated rings. The third-order valence-electron chi connectivity index (χ3n) is 8.96. The zero-order valence-corrected chi connectivity index (χ0v) is 34.1. The minimum atomic E-state index is -4.74. The minimum absolute atomic E-state index is 0.180. The van der Waals surface area contributed by atoms with Crippen molar-refractivity contribution in [3.8, 4) is 0 Å². The molecule has 0 radical (unpaired) electrons. The lowest BCUT2D eigenvalue weighted by Crippen LogP contribution is -2.41. The highest BCUT2D eigenvalue weighted by atomic mass is 35.5. The standard InChI is InChI=1S/C42H30B2ClF2N6O6PS/c45-41-42(60(61,35-27-15-5-16-28-35)36-29-17-6-18-30-36)53-59-44(47)56-50-39(33-23-11-3-12-24-33)37(31-19-7-1-8-20-31)48-54-43(46,58-52-41)55-49-38(32-21-9-2-10-22-32)40(51-57-44)34-25-13-4-14-26-34/h1-30H/q-2/b48-37+,49-38+,50-39+,51-40+,52-41?,53-42-. The van der Waals surface area contributed by atoms with E-state index < -0.39 is 25.3 Å². The van der Waals surface area contributed by atoms with E-state index in [9.17, 15) is 0 Å². The van der Waals surface area contributed by atoms with Gasteiger partial charge in [-0.2, -0.15) is 0 Å². The van der Waals surface area contributed by atoms with Gasteiger partial charge in [0.05, 0.1) is 6.04 Å². The van der Waals surface area contributed by atoms with E-state index in [1.807, 2.05) is 0 Å². The van der Waals surface area contributed by atoms with Crippen LogP contribution in [0.5, 0.6) is 0 Å². The molecule has 3 heterocycles. The number of nitrogens with zero attached hydrogens (tertiary/aromatic N) is 6. The second kappa shape index (κ2) is 18.1. The first-order valence-electron chi connectivity index (χ1n) is 18.5. The van der Waals surface area contributed by atoms with Crippen molar-refractivity contribution in [2.24, 2.45) is 30.9 Å². The molecule has 19 heteroatoms. The van der Waals surface area contributed by atoms with Crippen LogP contribution in [0, 0.1) is 0 Å². The van der Waals surface area contributed by atoms with Gasteiger partial charge < -0.3 is 37.2 Å². The number of oxime groups is 6. The maximum atomic E-state index is 17.9. The van der Waals surface area contributed by atoms with Crippen molar-refractivity contribution in [3.63, 3.8) is 0 Å². The lowest BCUT2D eigenvalue weighted by atomic mass is 10.00. The second-order valence-electron chi connectivity index (χ2n) is 13.0.